The van der Waals surface area contributed by atoms with Gasteiger partial charge in [0.15, 0.2) is 5.11 Å². The number of anilines is 1. The number of nitrogens with zero attached hydrogens (tertiary/aromatic N) is 3. The van der Waals surface area contributed by atoms with Crippen LogP contribution in [-0.4, -0.2) is 32.0 Å². The molecule has 2 N–H and O–H groups in total. The predicted octanol–water partition coefficient (Wildman–Crippen LogP) is 5.49. The molecule has 182 valence electrons. The van der Waals surface area contributed by atoms with Crippen molar-refractivity contribution >= 4 is 28.9 Å². The molecule has 1 aliphatic heterocycles. The summed E-state index contributed by atoms with van der Waals surface area (Å²) in [5, 5.41) is 7.11. The number of amides is 1. The van der Waals surface area contributed by atoms with E-state index in [1.165, 1.54) is 5.56 Å². The molecule has 3 heterocycles. The molecule has 6 nitrogen and oxygen atoms in total. The van der Waals surface area contributed by atoms with Crippen molar-refractivity contribution in [2.24, 2.45) is 0 Å². The van der Waals surface area contributed by atoms with Gasteiger partial charge in [-0.3, -0.25) is 9.78 Å². The third-order valence-electron chi connectivity index (χ3n) is 6.47. The van der Waals surface area contributed by atoms with Crippen molar-refractivity contribution in [2.45, 2.75) is 32.4 Å². The minimum atomic E-state index is -0.141. The van der Waals surface area contributed by atoms with Crippen LogP contribution in [0.15, 0.2) is 91.3 Å². The monoisotopic (exact) mass is 495 g/mol. The summed E-state index contributed by atoms with van der Waals surface area (Å²) in [4.78, 5) is 19.6. The van der Waals surface area contributed by atoms with Crippen LogP contribution < -0.4 is 10.6 Å². The Labute approximate surface area is 217 Å². The van der Waals surface area contributed by atoms with E-state index in [2.05, 4.69) is 74.6 Å². The SMILES string of the molecule is Cc1ccc(-n2cccc2[C@H]2[C@@H](c3ccccn3)NC(=S)N2CCC(=O)Nc2cccc(C)c2)cc1. The Hall–Kier alpha value is -3.97. The summed E-state index contributed by atoms with van der Waals surface area (Å²) >= 11 is 5.79. The van der Waals surface area contributed by atoms with E-state index in [4.69, 9.17) is 12.2 Å². The van der Waals surface area contributed by atoms with Gasteiger partial charge in [-0.1, -0.05) is 35.9 Å². The number of rotatable bonds is 7. The van der Waals surface area contributed by atoms with Crippen LogP contribution in [0, 0.1) is 13.8 Å². The molecule has 5 rings (SSSR count). The summed E-state index contributed by atoms with van der Waals surface area (Å²) in [6.07, 6.45) is 4.18. The first-order chi connectivity index (χ1) is 17.5. The number of pyridine rings is 1. The topological polar surface area (TPSA) is 62.2 Å². The summed E-state index contributed by atoms with van der Waals surface area (Å²) in [7, 11) is 0. The summed E-state index contributed by atoms with van der Waals surface area (Å²) in [6.45, 7) is 4.58. The minimum absolute atomic E-state index is 0.0441. The Kier molecular flexibility index (Phi) is 6.82. The molecule has 36 heavy (non-hydrogen) atoms. The first-order valence-electron chi connectivity index (χ1n) is 12.1. The molecule has 7 heteroatoms. The van der Waals surface area contributed by atoms with Crippen molar-refractivity contribution in [3.8, 4) is 5.69 Å². The number of carbonyl (C=O) groups is 1. The van der Waals surface area contributed by atoms with Crippen molar-refractivity contribution in [2.75, 3.05) is 11.9 Å². The number of aromatic nitrogens is 2. The molecule has 4 aromatic rings. The Morgan fingerprint density at radius 3 is 2.58 bits per heavy atom. The number of aryl methyl sites for hydroxylation is 2. The first kappa shape index (κ1) is 23.8. The molecule has 1 amide bonds. The van der Waals surface area contributed by atoms with Crippen molar-refractivity contribution in [1.82, 2.24) is 19.8 Å². The lowest BCUT2D eigenvalue weighted by molar-refractivity contribution is -0.116. The lowest BCUT2D eigenvalue weighted by Gasteiger charge is -2.29. The predicted molar refractivity (Wildman–Crippen MR) is 147 cm³/mol. The average Bonchev–Trinajstić information content (AvgIpc) is 3.48. The van der Waals surface area contributed by atoms with E-state index in [0.29, 0.717) is 18.1 Å². The highest BCUT2D eigenvalue weighted by molar-refractivity contribution is 7.80. The average molecular weight is 496 g/mol. The fraction of sp³-hybridized carbons (Fsp3) is 0.207. The van der Waals surface area contributed by atoms with Crippen LogP contribution in [0.1, 0.15) is 41.0 Å². The Morgan fingerprint density at radius 2 is 1.83 bits per heavy atom. The zero-order valence-electron chi connectivity index (χ0n) is 20.4. The third kappa shape index (κ3) is 5.02. The second-order valence-electron chi connectivity index (χ2n) is 9.13. The van der Waals surface area contributed by atoms with Gasteiger partial charge in [0, 0.05) is 42.4 Å². The zero-order chi connectivity index (χ0) is 25.1. The first-order valence-corrected chi connectivity index (χ1v) is 12.5. The molecule has 1 fully saturated rings. The highest BCUT2D eigenvalue weighted by atomic mass is 32.1. The number of benzene rings is 2. The van der Waals surface area contributed by atoms with Crippen molar-refractivity contribution in [3.63, 3.8) is 0 Å². The highest BCUT2D eigenvalue weighted by Gasteiger charge is 2.41. The molecular formula is C29H29N5OS. The lowest BCUT2D eigenvalue weighted by Crippen LogP contribution is -2.33. The van der Waals surface area contributed by atoms with E-state index >= 15 is 0 Å². The fourth-order valence-corrected chi connectivity index (χ4v) is 5.04. The van der Waals surface area contributed by atoms with Crippen LogP contribution >= 0.6 is 12.2 Å². The molecule has 1 saturated heterocycles. The van der Waals surface area contributed by atoms with E-state index in [1.54, 1.807) is 6.20 Å². The van der Waals surface area contributed by atoms with Gasteiger partial charge in [-0.25, -0.2) is 0 Å². The van der Waals surface area contributed by atoms with E-state index in [9.17, 15) is 4.79 Å². The molecule has 0 aliphatic carbocycles. The molecule has 0 spiro atoms. The van der Waals surface area contributed by atoms with Crippen molar-refractivity contribution in [3.05, 3.63) is 114 Å². The van der Waals surface area contributed by atoms with E-state index in [-0.39, 0.29) is 18.0 Å². The molecule has 0 radical (unpaired) electrons. The van der Waals surface area contributed by atoms with Crippen LogP contribution in [0.25, 0.3) is 5.69 Å². The van der Waals surface area contributed by atoms with Crippen LogP contribution in [0.2, 0.25) is 0 Å². The minimum Gasteiger partial charge on any atom is -0.352 e. The second-order valence-corrected chi connectivity index (χ2v) is 9.51. The van der Waals surface area contributed by atoms with Gasteiger partial charge >= 0.3 is 0 Å². The van der Waals surface area contributed by atoms with Crippen molar-refractivity contribution in [1.29, 1.82) is 0 Å². The van der Waals surface area contributed by atoms with Gasteiger partial charge in [-0.2, -0.15) is 0 Å². The Morgan fingerprint density at radius 1 is 1.00 bits per heavy atom. The largest absolute Gasteiger partial charge is 0.352 e. The number of thiocarbonyl (C=S) groups is 1. The van der Waals surface area contributed by atoms with Gasteiger partial charge in [0.25, 0.3) is 0 Å². The zero-order valence-corrected chi connectivity index (χ0v) is 21.2. The molecule has 1 aliphatic rings. The normalized spacial score (nSPS) is 17.2. The number of carbonyl (C=O) groups excluding carboxylic acids is 1. The van der Waals surface area contributed by atoms with Crippen LogP contribution in [0.5, 0.6) is 0 Å². The maximum atomic E-state index is 12.8. The summed E-state index contributed by atoms with van der Waals surface area (Å²) in [6, 6.07) is 26.1. The maximum Gasteiger partial charge on any atom is 0.226 e. The molecular weight excluding hydrogens is 466 g/mol. The van der Waals surface area contributed by atoms with E-state index < -0.39 is 0 Å². The smallest absolute Gasteiger partial charge is 0.226 e. The Bertz CT molecular complexity index is 1370. The highest BCUT2D eigenvalue weighted by Crippen LogP contribution is 2.39. The lowest BCUT2D eigenvalue weighted by atomic mass is 10.0. The molecule has 0 bridgehead atoms. The van der Waals surface area contributed by atoms with Crippen LogP contribution in [0.4, 0.5) is 5.69 Å². The van der Waals surface area contributed by atoms with E-state index in [0.717, 1.165) is 28.3 Å². The van der Waals surface area contributed by atoms with Crippen LogP contribution in [0.3, 0.4) is 0 Å². The maximum absolute atomic E-state index is 12.8. The molecule has 2 aromatic heterocycles. The second kappa shape index (κ2) is 10.3. The Balaban J connectivity index is 1.44. The van der Waals surface area contributed by atoms with Gasteiger partial charge < -0.3 is 20.1 Å². The fourth-order valence-electron chi connectivity index (χ4n) is 4.71. The number of hydrogen-bond acceptors (Lipinski definition) is 3. The molecule has 2 aromatic carbocycles. The van der Waals surface area contributed by atoms with Gasteiger partial charge in [0.05, 0.1) is 17.8 Å². The third-order valence-corrected chi connectivity index (χ3v) is 6.83. The van der Waals surface area contributed by atoms with Crippen LogP contribution in [-0.2, 0) is 4.79 Å². The molecule has 0 saturated carbocycles. The van der Waals surface area contributed by atoms with Gasteiger partial charge in [0.2, 0.25) is 5.91 Å². The number of hydrogen-bond donors (Lipinski definition) is 2. The van der Waals surface area contributed by atoms with Gasteiger partial charge in [-0.05, 0) is 80.2 Å². The summed E-state index contributed by atoms with van der Waals surface area (Å²) in [5.41, 5.74) is 6.19. The molecule has 0 unspecified atom stereocenters. The van der Waals surface area contributed by atoms with Crippen molar-refractivity contribution < 1.29 is 4.79 Å². The standard InChI is InChI=1S/C29H29N5OS/c1-20-11-13-23(14-12-20)33-17-6-10-25(33)28-27(24-9-3-4-16-30-24)32-29(36)34(28)18-15-26(35)31-22-8-5-7-21(2)19-22/h3-14,16-17,19,27-28H,15,18H2,1-2H3,(H,31,35)(H,32,36)/t27-,28+/m1/s1. The summed E-state index contributed by atoms with van der Waals surface area (Å²) < 4.78 is 2.19. The van der Waals surface area contributed by atoms with E-state index in [1.807, 2.05) is 49.4 Å². The van der Waals surface area contributed by atoms with Gasteiger partial charge in [0.1, 0.15) is 0 Å². The number of nitrogens with one attached hydrogen (secondary N) is 2. The van der Waals surface area contributed by atoms with Gasteiger partial charge in [-0.15, -0.1) is 0 Å². The quantitative estimate of drug-likeness (QED) is 0.332. The molecule has 2 atom stereocenters. The summed E-state index contributed by atoms with van der Waals surface area (Å²) in [5.74, 6) is -0.0441.